The number of hydrogen-bond donors (Lipinski definition) is 1. The van der Waals surface area contributed by atoms with Crippen molar-refractivity contribution < 1.29 is 4.74 Å². The normalized spacial score (nSPS) is 23.2. The monoisotopic (exact) mass is 258 g/mol. The third-order valence-corrected chi connectivity index (χ3v) is 4.84. The van der Waals surface area contributed by atoms with Gasteiger partial charge in [-0.2, -0.15) is 11.8 Å². The highest BCUT2D eigenvalue weighted by atomic mass is 32.2. The minimum Gasteiger partial charge on any atom is -0.369 e. The second-order valence-corrected chi connectivity index (χ2v) is 6.06. The number of thioether (sulfide) groups is 1. The number of nitrogens with one attached hydrogen (secondary N) is 1. The Morgan fingerprint density at radius 3 is 3.25 bits per heavy atom. The van der Waals surface area contributed by atoms with Crippen molar-refractivity contribution in [3.63, 3.8) is 0 Å². The molecule has 0 bridgehead atoms. The van der Waals surface area contributed by atoms with Crippen molar-refractivity contribution >= 4 is 23.1 Å². The summed E-state index contributed by atoms with van der Waals surface area (Å²) < 4.78 is 5.72. The topological polar surface area (TPSA) is 34.2 Å². The molecule has 1 aromatic heterocycles. The van der Waals surface area contributed by atoms with Crippen molar-refractivity contribution in [2.24, 2.45) is 0 Å². The predicted octanol–water partition coefficient (Wildman–Crippen LogP) is 2.62. The number of nitrogens with zero attached hydrogens (tertiary/aromatic N) is 1. The van der Waals surface area contributed by atoms with Crippen molar-refractivity contribution in [1.82, 2.24) is 10.3 Å². The lowest BCUT2D eigenvalue weighted by molar-refractivity contribution is 0.0755. The van der Waals surface area contributed by atoms with Gasteiger partial charge in [-0.25, -0.2) is 4.98 Å². The predicted molar refractivity (Wildman–Crippen MR) is 70.2 cm³/mol. The van der Waals surface area contributed by atoms with Crippen molar-refractivity contribution in [1.29, 1.82) is 0 Å². The first-order valence-corrected chi connectivity index (χ1v) is 7.66. The Bertz CT molecular complexity index is 324. The lowest BCUT2D eigenvalue weighted by Crippen LogP contribution is -2.16. The van der Waals surface area contributed by atoms with Crippen LogP contribution in [-0.2, 0) is 4.74 Å². The number of hydrogen-bond acceptors (Lipinski definition) is 5. The molecule has 1 saturated heterocycles. The van der Waals surface area contributed by atoms with E-state index in [2.05, 4.69) is 24.1 Å². The minimum atomic E-state index is 0.214. The molecule has 2 heterocycles. The van der Waals surface area contributed by atoms with Crippen molar-refractivity contribution in [2.75, 3.05) is 24.7 Å². The summed E-state index contributed by atoms with van der Waals surface area (Å²) in [6, 6.07) is 0.396. The van der Waals surface area contributed by atoms with Crippen molar-refractivity contribution in [3.05, 3.63) is 16.1 Å². The van der Waals surface area contributed by atoms with Crippen LogP contribution in [-0.4, -0.2) is 29.6 Å². The summed E-state index contributed by atoms with van der Waals surface area (Å²) in [5.41, 5.74) is 0. The average Bonchev–Trinajstić information content (AvgIpc) is 2.80. The number of rotatable bonds is 4. The Hall–Kier alpha value is -0.100. The first-order chi connectivity index (χ1) is 7.81. The molecule has 0 aliphatic carbocycles. The van der Waals surface area contributed by atoms with Gasteiger partial charge in [-0.05, 0) is 13.5 Å². The Morgan fingerprint density at radius 1 is 1.69 bits per heavy atom. The molecule has 0 saturated carbocycles. The summed E-state index contributed by atoms with van der Waals surface area (Å²) in [6.45, 7) is 6.15. The van der Waals surface area contributed by atoms with Crippen LogP contribution in [0.15, 0.2) is 6.20 Å². The van der Waals surface area contributed by atoms with Crippen LogP contribution in [0.5, 0.6) is 0 Å². The van der Waals surface area contributed by atoms with Crippen LogP contribution in [0.4, 0.5) is 0 Å². The number of aromatic nitrogens is 1. The molecule has 5 heteroatoms. The van der Waals surface area contributed by atoms with Gasteiger partial charge in [-0.15, -0.1) is 11.3 Å². The maximum atomic E-state index is 5.72. The quantitative estimate of drug-likeness (QED) is 0.900. The van der Waals surface area contributed by atoms with Gasteiger partial charge in [0.1, 0.15) is 11.1 Å². The molecule has 0 aromatic carbocycles. The fourth-order valence-electron chi connectivity index (χ4n) is 1.69. The summed E-state index contributed by atoms with van der Waals surface area (Å²) in [5, 5.41) is 4.53. The van der Waals surface area contributed by atoms with Crippen LogP contribution in [0, 0.1) is 0 Å². The fraction of sp³-hybridized carbons (Fsp3) is 0.727. The van der Waals surface area contributed by atoms with Gasteiger partial charge in [0.2, 0.25) is 0 Å². The molecule has 0 radical (unpaired) electrons. The van der Waals surface area contributed by atoms with Gasteiger partial charge in [0.15, 0.2) is 0 Å². The smallest absolute Gasteiger partial charge is 0.123 e. The highest BCUT2D eigenvalue weighted by Crippen LogP contribution is 2.31. The number of ether oxygens (including phenoxy) is 1. The van der Waals surface area contributed by atoms with Gasteiger partial charge in [-0.3, -0.25) is 0 Å². The molecule has 3 nitrogen and oxygen atoms in total. The summed E-state index contributed by atoms with van der Waals surface area (Å²) in [7, 11) is 0. The molecule has 2 rings (SSSR count). The minimum absolute atomic E-state index is 0.214. The first-order valence-electron chi connectivity index (χ1n) is 5.69. The third-order valence-electron chi connectivity index (χ3n) is 2.57. The fourth-order valence-corrected chi connectivity index (χ4v) is 3.64. The largest absolute Gasteiger partial charge is 0.369 e. The Balaban J connectivity index is 2.00. The summed E-state index contributed by atoms with van der Waals surface area (Å²) in [4.78, 5) is 5.79. The maximum absolute atomic E-state index is 5.72. The number of thiazole rings is 1. The van der Waals surface area contributed by atoms with E-state index in [9.17, 15) is 0 Å². The van der Waals surface area contributed by atoms with Crippen LogP contribution >= 0.6 is 23.1 Å². The lowest BCUT2D eigenvalue weighted by atomic mass is 10.3. The molecule has 16 heavy (non-hydrogen) atoms. The van der Waals surface area contributed by atoms with E-state index in [1.807, 2.05) is 18.0 Å². The van der Waals surface area contributed by atoms with Gasteiger partial charge in [0.05, 0.1) is 6.61 Å². The Labute approximate surface area is 105 Å². The van der Waals surface area contributed by atoms with E-state index in [0.717, 1.165) is 29.7 Å². The van der Waals surface area contributed by atoms with Crippen molar-refractivity contribution in [2.45, 2.75) is 26.0 Å². The molecule has 90 valence electrons. The van der Waals surface area contributed by atoms with E-state index in [-0.39, 0.29) is 6.10 Å². The molecular weight excluding hydrogens is 240 g/mol. The SMILES string of the molecule is CCNC(C)c1cnc(C2CSCCO2)s1. The molecule has 0 amide bonds. The van der Waals surface area contributed by atoms with Crippen LogP contribution < -0.4 is 5.32 Å². The second kappa shape index (κ2) is 6.00. The molecular formula is C11H18N2OS2. The molecule has 2 atom stereocenters. The zero-order valence-corrected chi connectivity index (χ0v) is 11.4. The van der Waals surface area contributed by atoms with E-state index in [0.29, 0.717) is 6.04 Å². The molecule has 0 spiro atoms. The van der Waals surface area contributed by atoms with Crippen LogP contribution in [0.1, 0.15) is 35.9 Å². The van der Waals surface area contributed by atoms with E-state index < -0.39 is 0 Å². The molecule has 1 aliphatic heterocycles. The van der Waals surface area contributed by atoms with Gasteiger partial charge in [-0.1, -0.05) is 6.92 Å². The maximum Gasteiger partial charge on any atom is 0.123 e. The van der Waals surface area contributed by atoms with Gasteiger partial charge < -0.3 is 10.1 Å². The summed E-state index contributed by atoms with van der Waals surface area (Å²) in [5.74, 6) is 2.16. The van der Waals surface area contributed by atoms with Gasteiger partial charge in [0.25, 0.3) is 0 Å². The highest BCUT2D eigenvalue weighted by molar-refractivity contribution is 7.99. The Kier molecular flexibility index (Phi) is 4.64. The molecule has 1 fully saturated rings. The van der Waals surface area contributed by atoms with Gasteiger partial charge in [0, 0.05) is 28.6 Å². The van der Waals surface area contributed by atoms with Gasteiger partial charge >= 0.3 is 0 Å². The van der Waals surface area contributed by atoms with Crippen LogP contribution in [0.2, 0.25) is 0 Å². The van der Waals surface area contributed by atoms with E-state index in [1.54, 1.807) is 11.3 Å². The van der Waals surface area contributed by atoms with Crippen LogP contribution in [0.25, 0.3) is 0 Å². The third kappa shape index (κ3) is 2.97. The zero-order valence-electron chi connectivity index (χ0n) is 9.73. The molecule has 1 N–H and O–H groups in total. The average molecular weight is 258 g/mol. The van der Waals surface area contributed by atoms with E-state index >= 15 is 0 Å². The Morgan fingerprint density at radius 2 is 2.56 bits per heavy atom. The van der Waals surface area contributed by atoms with Crippen molar-refractivity contribution in [3.8, 4) is 0 Å². The lowest BCUT2D eigenvalue weighted by Gasteiger charge is -2.20. The van der Waals surface area contributed by atoms with Crippen LogP contribution in [0.3, 0.4) is 0 Å². The summed E-state index contributed by atoms with van der Waals surface area (Å²) in [6.07, 6.45) is 2.20. The second-order valence-electron chi connectivity index (χ2n) is 3.81. The molecule has 2 unspecified atom stereocenters. The standard InChI is InChI=1S/C11H18N2OS2/c1-3-12-8(2)10-6-13-11(16-10)9-7-15-5-4-14-9/h6,8-9,12H,3-5,7H2,1-2H3. The summed E-state index contributed by atoms with van der Waals surface area (Å²) >= 11 is 3.73. The first kappa shape index (κ1) is 12.4. The molecule has 1 aromatic rings. The van der Waals surface area contributed by atoms with E-state index in [1.165, 1.54) is 4.88 Å². The highest BCUT2D eigenvalue weighted by Gasteiger charge is 2.20. The van der Waals surface area contributed by atoms with E-state index in [4.69, 9.17) is 4.74 Å². The zero-order chi connectivity index (χ0) is 11.4. The molecule has 1 aliphatic rings.